The Morgan fingerprint density at radius 2 is 1.82 bits per heavy atom. The van der Waals surface area contributed by atoms with Crippen LogP contribution in [0.15, 0.2) is 24.3 Å². The highest BCUT2D eigenvalue weighted by Gasteiger charge is 2.27. The van der Waals surface area contributed by atoms with Gasteiger partial charge in [-0.25, -0.2) is 9.50 Å². The maximum atomic E-state index is 5.66. The average molecular weight is 466 g/mol. The molecule has 3 aromatic rings. The number of fused-ring (bicyclic) bond motifs is 1. The van der Waals surface area contributed by atoms with E-state index in [0.29, 0.717) is 5.88 Å². The maximum Gasteiger partial charge on any atom is 0.257 e. The molecule has 34 heavy (non-hydrogen) atoms. The molecule has 4 heterocycles. The van der Waals surface area contributed by atoms with E-state index in [1.165, 1.54) is 37.7 Å². The minimum Gasteiger partial charge on any atom is -0.478 e. The summed E-state index contributed by atoms with van der Waals surface area (Å²) in [4.78, 5) is 9.11. The lowest BCUT2D eigenvalue weighted by Gasteiger charge is -2.19. The van der Waals surface area contributed by atoms with E-state index < -0.39 is 0 Å². The summed E-state index contributed by atoms with van der Waals surface area (Å²) in [6, 6.07) is 8.45. The number of aryl methyl sites for hydroxylation is 2. The number of pyridine rings is 2. The van der Waals surface area contributed by atoms with Crippen LogP contribution in [-0.2, 0) is 4.74 Å². The highest BCUT2D eigenvalue weighted by Crippen LogP contribution is 2.38. The Morgan fingerprint density at radius 3 is 2.35 bits per heavy atom. The number of hydrogen-bond acceptors (Lipinski definition) is 6. The Morgan fingerprint density at radius 1 is 1.09 bits per heavy atom. The molecule has 0 bridgehead atoms. The van der Waals surface area contributed by atoms with Crippen molar-refractivity contribution in [2.24, 2.45) is 5.92 Å². The first-order chi connectivity index (χ1) is 16.4. The van der Waals surface area contributed by atoms with Gasteiger partial charge in [0.2, 0.25) is 0 Å². The second-order valence-electron chi connectivity index (χ2n) is 9.72. The van der Waals surface area contributed by atoms with Crippen LogP contribution in [0.4, 0.5) is 11.5 Å². The van der Waals surface area contributed by atoms with Crippen LogP contribution in [0.5, 0.6) is 5.88 Å². The zero-order valence-electron chi connectivity index (χ0n) is 21.6. The Hall–Kier alpha value is -2.80. The number of nitrogens with zero attached hydrogens (tertiary/aromatic N) is 5. The van der Waals surface area contributed by atoms with E-state index in [1.807, 2.05) is 23.5 Å². The first-order valence-corrected chi connectivity index (χ1v) is 12.4. The Labute approximate surface area is 203 Å². The van der Waals surface area contributed by atoms with E-state index in [9.17, 15) is 0 Å². The predicted octanol–water partition coefficient (Wildman–Crippen LogP) is 5.12. The minimum atomic E-state index is 0.670. The molecule has 2 fully saturated rings. The zero-order valence-corrected chi connectivity index (χ0v) is 21.6. The van der Waals surface area contributed by atoms with Crippen LogP contribution < -0.4 is 14.5 Å². The molecule has 7 heteroatoms. The largest absolute Gasteiger partial charge is 0.478 e. The van der Waals surface area contributed by atoms with Crippen molar-refractivity contribution in [2.45, 2.75) is 46.0 Å². The van der Waals surface area contributed by atoms with Crippen LogP contribution >= 0.6 is 0 Å². The van der Waals surface area contributed by atoms with E-state index in [4.69, 9.17) is 19.6 Å². The summed E-state index contributed by atoms with van der Waals surface area (Å²) in [6.45, 7) is 7.24. The molecule has 0 atom stereocenters. The lowest BCUT2D eigenvalue weighted by atomic mass is 10.0. The van der Waals surface area contributed by atoms with Crippen LogP contribution in [0.1, 0.15) is 43.4 Å². The normalized spacial score (nSPS) is 15.6. The summed E-state index contributed by atoms with van der Waals surface area (Å²) >= 11 is 0. The SMILES string of the molecule is C1CCOCC1.COc1nn2c(-c3c(C)cc(N(C)C)nc3C)cccc2c1N(C)CC1CC1. The molecule has 184 valence electrons. The Kier molecular flexibility index (Phi) is 7.61. The summed E-state index contributed by atoms with van der Waals surface area (Å²) in [5.41, 5.74) is 6.47. The van der Waals surface area contributed by atoms with Gasteiger partial charge in [0.05, 0.1) is 18.3 Å². The molecule has 0 radical (unpaired) electrons. The number of aromatic nitrogens is 3. The topological polar surface area (TPSA) is 55.1 Å². The average Bonchev–Trinajstić information content (AvgIpc) is 3.56. The molecular formula is C27H39N5O2. The molecule has 1 saturated carbocycles. The summed E-state index contributed by atoms with van der Waals surface area (Å²) in [7, 11) is 7.86. The molecule has 0 amide bonds. The van der Waals surface area contributed by atoms with Crippen molar-refractivity contribution >= 4 is 17.0 Å². The van der Waals surface area contributed by atoms with Gasteiger partial charge in [-0.05, 0) is 75.6 Å². The number of ether oxygens (including phenoxy) is 2. The summed E-state index contributed by atoms with van der Waals surface area (Å²) in [5, 5.41) is 4.81. The van der Waals surface area contributed by atoms with Gasteiger partial charge in [0.15, 0.2) is 0 Å². The van der Waals surface area contributed by atoms with Crippen molar-refractivity contribution in [1.29, 1.82) is 0 Å². The van der Waals surface area contributed by atoms with Gasteiger partial charge in [0.25, 0.3) is 5.88 Å². The van der Waals surface area contributed by atoms with Crippen LogP contribution in [0.2, 0.25) is 0 Å². The van der Waals surface area contributed by atoms with Crippen molar-refractivity contribution in [3.05, 3.63) is 35.5 Å². The van der Waals surface area contributed by atoms with Crippen LogP contribution in [0.3, 0.4) is 0 Å². The second kappa shape index (κ2) is 10.6. The quantitative estimate of drug-likeness (QED) is 0.504. The van der Waals surface area contributed by atoms with Gasteiger partial charge >= 0.3 is 0 Å². The smallest absolute Gasteiger partial charge is 0.257 e. The number of hydrogen-bond donors (Lipinski definition) is 0. The van der Waals surface area contributed by atoms with Gasteiger partial charge in [0, 0.05) is 52.2 Å². The Balaban J connectivity index is 0.000000398. The van der Waals surface area contributed by atoms with Crippen molar-refractivity contribution in [1.82, 2.24) is 14.6 Å². The summed E-state index contributed by atoms with van der Waals surface area (Å²) < 4.78 is 12.7. The molecule has 2 aliphatic rings. The highest BCUT2D eigenvalue weighted by molar-refractivity contribution is 5.82. The summed E-state index contributed by atoms with van der Waals surface area (Å²) in [5.74, 6) is 2.43. The Bertz CT molecular complexity index is 1080. The number of rotatable bonds is 6. The third-order valence-electron chi connectivity index (χ3n) is 6.58. The molecule has 1 saturated heterocycles. The third kappa shape index (κ3) is 5.30. The van der Waals surface area contributed by atoms with Gasteiger partial charge in [-0.15, -0.1) is 5.10 Å². The number of anilines is 2. The maximum absolute atomic E-state index is 5.66. The van der Waals surface area contributed by atoms with Crippen LogP contribution in [0, 0.1) is 19.8 Å². The molecule has 0 N–H and O–H groups in total. The number of methoxy groups -OCH3 is 1. The summed E-state index contributed by atoms with van der Waals surface area (Å²) in [6.07, 6.45) is 6.57. The standard InChI is InChI=1S/C22H29N5O.C5H10O/c1-14-12-19(25(3)4)23-15(2)20(14)17-8-7-9-18-21(22(28-6)24-27(17)18)26(5)13-16-10-11-16;1-2-4-6-5-3-1/h7-9,12,16H,10-11,13H2,1-6H3;1-5H2. The van der Waals surface area contributed by atoms with E-state index >= 15 is 0 Å². The fraction of sp³-hybridized carbons (Fsp3) is 0.556. The third-order valence-corrected chi connectivity index (χ3v) is 6.58. The van der Waals surface area contributed by atoms with Crippen molar-refractivity contribution in [3.8, 4) is 17.1 Å². The minimum absolute atomic E-state index is 0.670. The predicted molar refractivity (Wildman–Crippen MR) is 139 cm³/mol. The molecule has 1 aliphatic carbocycles. The van der Waals surface area contributed by atoms with E-state index in [1.54, 1.807) is 7.11 Å². The fourth-order valence-corrected chi connectivity index (χ4v) is 4.62. The lowest BCUT2D eigenvalue weighted by Crippen LogP contribution is -2.20. The van der Waals surface area contributed by atoms with E-state index in [2.05, 4.69) is 50.1 Å². The molecular weight excluding hydrogens is 426 g/mol. The van der Waals surface area contributed by atoms with Crippen molar-refractivity contribution in [2.75, 3.05) is 57.8 Å². The molecule has 0 spiro atoms. The van der Waals surface area contributed by atoms with E-state index in [0.717, 1.165) is 59.6 Å². The molecule has 5 rings (SSSR count). The van der Waals surface area contributed by atoms with Crippen molar-refractivity contribution < 1.29 is 9.47 Å². The molecule has 0 aromatic carbocycles. The molecule has 7 nitrogen and oxygen atoms in total. The lowest BCUT2D eigenvalue weighted by molar-refractivity contribution is 0.0968. The molecule has 1 aliphatic heterocycles. The van der Waals surface area contributed by atoms with Gasteiger partial charge in [-0.3, -0.25) is 0 Å². The van der Waals surface area contributed by atoms with Crippen LogP contribution in [0.25, 0.3) is 16.8 Å². The fourth-order valence-electron chi connectivity index (χ4n) is 4.62. The van der Waals surface area contributed by atoms with Crippen molar-refractivity contribution in [3.63, 3.8) is 0 Å². The van der Waals surface area contributed by atoms with Gasteiger partial charge < -0.3 is 19.3 Å². The molecule has 0 unspecified atom stereocenters. The highest BCUT2D eigenvalue weighted by atomic mass is 16.5. The van der Waals surface area contributed by atoms with Gasteiger partial charge in [-0.1, -0.05) is 6.07 Å². The zero-order chi connectivity index (χ0) is 24.2. The monoisotopic (exact) mass is 465 g/mol. The second-order valence-corrected chi connectivity index (χ2v) is 9.72. The van der Waals surface area contributed by atoms with Crippen LogP contribution in [-0.4, -0.2) is 62.6 Å². The van der Waals surface area contributed by atoms with E-state index in [-0.39, 0.29) is 0 Å². The molecule has 3 aromatic heterocycles. The van der Waals surface area contributed by atoms with Gasteiger partial charge in [0.1, 0.15) is 11.5 Å². The first kappa shape index (κ1) is 24.3. The first-order valence-electron chi connectivity index (χ1n) is 12.4. The van der Waals surface area contributed by atoms with Gasteiger partial charge in [-0.2, -0.15) is 0 Å².